The third-order valence-electron chi connectivity index (χ3n) is 6.00. The van der Waals surface area contributed by atoms with E-state index in [-0.39, 0.29) is 23.0 Å². The number of anilines is 1. The average Bonchev–Trinajstić information content (AvgIpc) is 2.90. The van der Waals surface area contributed by atoms with E-state index >= 15 is 0 Å². The fraction of sp³-hybridized carbons (Fsp3) is 0.286. The topological polar surface area (TPSA) is 86.8 Å². The Bertz CT molecular complexity index is 1340. The number of hydrogen-bond acceptors (Lipinski definition) is 4. The third kappa shape index (κ3) is 7.49. The molecule has 38 heavy (non-hydrogen) atoms. The number of nitrogens with one attached hydrogen (secondary N) is 1. The first-order chi connectivity index (χ1) is 18.2. The lowest BCUT2D eigenvalue weighted by Gasteiger charge is -2.33. The van der Waals surface area contributed by atoms with E-state index < -0.39 is 28.5 Å². The fourth-order valence-electron chi connectivity index (χ4n) is 4.08. The Morgan fingerprint density at radius 2 is 1.58 bits per heavy atom. The number of likely N-dealkylation sites (N-methyl/N-ethyl adjacent to an activating group) is 1. The molecule has 3 aromatic carbocycles. The van der Waals surface area contributed by atoms with Gasteiger partial charge in [-0.15, -0.1) is 0 Å². The van der Waals surface area contributed by atoms with Gasteiger partial charge in [-0.25, -0.2) is 8.42 Å². The molecule has 3 aromatic rings. The van der Waals surface area contributed by atoms with E-state index in [0.717, 1.165) is 9.87 Å². The van der Waals surface area contributed by atoms with Gasteiger partial charge >= 0.3 is 0 Å². The molecule has 0 aliphatic heterocycles. The molecule has 0 radical (unpaired) electrons. The van der Waals surface area contributed by atoms with Crippen molar-refractivity contribution in [2.45, 2.75) is 37.6 Å². The Hall–Kier alpha value is -3.07. The van der Waals surface area contributed by atoms with Crippen molar-refractivity contribution in [3.63, 3.8) is 0 Å². The van der Waals surface area contributed by atoms with E-state index in [1.807, 2.05) is 37.3 Å². The molecule has 0 aliphatic rings. The zero-order chi connectivity index (χ0) is 27.7. The minimum absolute atomic E-state index is 0.0266. The number of amides is 2. The average molecular weight is 577 g/mol. The lowest BCUT2D eigenvalue weighted by molar-refractivity contribution is -0.139. The molecule has 0 aromatic heterocycles. The van der Waals surface area contributed by atoms with Crippen LogP contribution in [0.15, 0.2) is 83.8 Å². The molecule has 1 unspecified atom stereocenters. The maximum absolute atomic E-state index is 13.9. The highest BCUT2D eigenvalue weighted by atomic mass is 35.5. The van der Waals surface area contributed by atoms with Crippen LogP contribution in [-0.2, 0) is 26.0 Å². The molecular formula is C28H31Cl2N3O4S. The molecule has 1 N–H and O–H groups in total. The van der Waals surface area contributed by atoms with E-state index in [4.69, 9.17) is 23.2 Å². The summed E-state index contributed by atoms with van der Waals surface area (Å²) in [4.78, 5) is 28.2. The van der Waals surface area contributed by atoms with Gasteiger partial charge in [0.05, 0.1) is 10.6 Å². The van der Waals surface area contributed by atoms with Crippen LogP contribution in [0, 0.1) is 0 Å². The highest BCUT2D eigenvalue weighted by molar-refractivity contribution is 7.92. The Labute approximate surface area is 234 Å². The van der Waals surface area contributed by atoms with Crippen molar-refractivity contribution in [3.05, 3.63) is 94.5 Å². The lowest BCUT2D eigenvalue weighted by atomic mass is 10.1. The van der Waals surface area contributed by atoms with Crippen LogP contribution in [0.4, 0.5) is 5.69 Å². The molecule has 1 atom stereocenters. The van der Waals surface area contributed by atoms with Gasteiger partial charge in [0, 0.05) is 23.1 Å². The monoisotopic (exact) mass is 575 g/mol. The normalized spacial score (nSPS) is 12.0. The first-order valence-electron chi connectivity index (χ1n) is 12.3. The maximum Gasteiger partial charge on any atom is 0.264 e. The van der Waals surface area contributed by atoms with E-state index in [0.29, 0.717) is 29.4 Å². The second-order valence-corrected chi connectivity index (χ2v) is 11.3. The molecule has 0 spiro atoms. The minimum atomic E-state index is -4.18. The van der Waals surface area contributed by atoms with Gasteiger partial charge in [-0.1, -0.05) is 66.5 Å². The Kier molecular flexibility index (Phi) is 10.6. The Morgan fingerprint density at radius 1 is 0.895 bits per heavy atom. The van der Waals surface area contributed by atoms with Crippen molar-refractivity contribution >= 4 is 50.7 Å². The van der Waals surface area contributed by atoms with Crippen LogP contribution >= 0.6 is 23.2 Å². The molecule has 0 saturated heterocycles. The highest BCUT2D eigenvalue weighted by Gasteiger charge is 2.33. The van der Waals surface area contributed by atoms with Gasteiger partial charge < -0.3 is 10.2 Å². The summed E-state index contributed by atoms with van der Waals surface area (Å²) in [5, 5.41) is 3.49. The highest BCUT2D eigenvalue weighted by Crippen LogP contribution is 2.27. The molecule has 0 saturated carbocycles. The Balaban J connectivity index is 2.00. The molecule has 2 amide bonds. The largest absolute Gasteiger partial charge is 0.355 e. The van der Waals surface area contributed by atoms with Gasteiger partial charge in [0.2, 0.25) is 11.8 Å². The SMILES string of the molecule is CCNC(=O)C(CC)N(CCc1ccccc1)C(=O)CN(c1cccc(Cl)c1)S(=O)(=O)c1ccc(Cl)cc1. The second kappa shape index (κ2) is 13.6. The van der Waals surface area contributed by atoms with Gasteiger partial charge in [-0.05, 0) is 67.8 Å². The number of benzene rings is 3. The Morgan fingerprint density at radius 3 is 2.18 bits per heavy atom. The van der Waals surface area contributed by atoms with Crippen molar-refractivity contribution in [2.24, 2.45) is 0 Å². The maximum atomic E-state index is 13.9. The van der Waals surface area contributed by atoms with Crippen molar-refractivity contribution in [1.82, 2.24) is 10.2 Å². The van der Waals surface area contributed by atoms with Gasteiger partial charge in [0.25, 0.3) is 10.0 Å². The number of nitrogens with zero attached hydrogens (tertiary/aromatic N) is 2. The number of hydrogen-bond donors (Lipinski definition) is 1. The van der Waals surface area contributed by atoms with Crippen LogP contribution in [0.5, 0.6) is 0 Å². The molecule has 0 aliphatic carbocycles. The van der Waals surface area contributed by atoms with Gasteiger partial charge in [-0.3, -0.25) is 13.9 Å². The fourth-order valence-corrected chi connectivity index (χ4v) is 5.80. The first kappa shape index (κ1) is 29.5. The summed E-state index contributed by atoms with van der Waals surface area (Å²) in [6.07, 6.45) is 0.872. The second-order valence-electron chi connectivity index (χ2n) is 8.59. The molecule has 3 rings (SSSR count). The first-order valence-corrected chi connectivity index (χ1v) is 14.5. The van der Waals surface area contributed by atoms with Crippen molar-refractivity contribution in [3.8, 4) is 0 Å². The van der Waals surface area contributed by atoms with Crippen LogP contribution < -0.4 is 9.62 Å². The van der Waals surface area contributed by atoms with E-state index in [2.05, 4.69) is 5.32 Å². The molecule has 0 heterocycles. The summed E-state index contributed by atoms with van der Waals surface area (Å²) in [6, 6.07) is 20.8. The van der Waals surface area contributed by atoms with Crippen molar-refractivity contribution < 1.29 is 18.0 Å². The van der Waals surface area contributed by atoms with Gasteiger partial charge in [-0.2, -0.15) is 0 Å². The summed E-state index contributed by atoms with van der Waals surface area (Å²) in [6.45, 7) is 3.76. The quantitative estimate of drug-likeness (QED) is 0.322. The number of rotatable bonds is 12. The number of carbonyl (C=O) groups excluding carboxylic acids is 2. The van der Waals surface area contributed by atoms with E-state index in [9.17, 15) is 18.0 Å². The summed E-state index contributed by atoms with van der Waals surface area (Å²) in [5.74, 6) is -0.789. The van der Waals surface area contributed by atoms with Crippen LogP contribution in [0.1, 0.15) is 25.8 Å². The summed E-state index contributed by atoms with van der Waals surface area (Å²) in [7, 11) is -4.18. The molecule has 10 heteroatoms. The number of sulfonamides is 1. The van der Waals surface area contributed by atoms with E-state index in [1.54, 1.807) is 25.1 Å². The predicted molar refractivity (Wildman–Crippen MR) is 152 cm³/mol. The van der Waals surface area contributed by atoms with Crippen molar-refractivity contribution in [2.75, 3.05) is 23.9 Å². The molecular weight excluding hydrogens is 545 g/mol. The van der Waals surface area contributed by atoms with Crippen LogP contribution in [0.3, 0.4) is 0 Å². The van der Waals surface area contributed by atoms with Crippen LogP contribution in [-0.4, -0.2) is 50.8 Å². The minimum Gasteiger partial charge on any atom is -0.355 e. The van der Waals surface area contributed by atoms with Gasteiger partial charge in [0.1, 0.15) is 12.6 Å². The van der Waals surface area contributed by atoms with Crippen molar-refractivity contribution in [1.29, 1.82) is 0 Å². The zero-order valence-corrected chi connectivity index (χ0v) is 23.6. The number of carbonyl (C=O) groups is 2. The molecule has 0 bridgehead atoms. The zero-order valence-electron chi connectivity index (χ0n) is 21.3. The predicted octanol–water partition coefficient (Wildman–Crippen LogP) is 5.17. The molecule has 7 nitrogen and oxygen atoms in total. The van der Waals surface area contributed by atoms with E-state index in [1.165, 1.54) is 35.2 Å². The third-order valence-corrected chi connectivity index (χ3v) is 8.27. The smallest absolute Gasteiger partial charge is 0.264 e. The van der Waals surface area contributed by atoms with Crippen LogP contribution in [0.2, 0.25) is 10.0 Å². The van der Waals surface area contributed by atoms with Gasteiger partial charge in [0.15, 0.2) is 0 Å². The summed E-state index contributed by atoms with van der Waals surface area (Å²) < 4.78 is 28.5. The number of halogens is 2. The molecule has 202 valence electrons. The van der Waals surface area contributed by atoms with Crippen LogP contribution in [0.25, 0.3) is 0 Å². The lowest BCUT2D eigenvalue weighted by Crippen LogP contribution is -2.53. The molecule has 0 fully saturated rings. The standard InChI is InChI=1S/C28H31Cl2N3O4S/c1-3-26(28(35)31-4-2)32(18-17-21-9-6-5-7-10-21)27(34)20-33(24-12-8-11-23(30)19-24)38(36,37)25-15-13-22(29)14-16-25/h5-16,19,26H,3-4,17-18,20H2,1-2H3,(H,31,35). The summed E-state index contributed by atoms with van der Waals surface area (Å²) >= 11 is 12.2. The summed E-state index contributed by atoms with van der Waals surface area (Å²) in [5.41, 5.74) is 1.23.